The second-order valence-corrected chi connectivity index (χ2v) is 7.39. The number of ether oxygens (including phenoxy) is 1. The second kappa shape index (κ2) is 6.96. The van der Waals surface area contributed by atoms with Gasteiger partial charge in [-0.15, -0.1) is 0 Å². The zero-order valence-electron chi connectivity index (χ0n) is 14.4. The molecule has 0 unspecified atom stereocenters. The van der Waals surface area contributed by atoms with Crippen molar-refractivity contribution >= 4 is 21.8 Å². The standard InChI is InChI=1S/C22H18BrNO2/c1-15-11-18(23)12-17-14-24(22(25)21(15)17)13-16-7-9-20(10-8-16)26-19-5-3-2-4-6-19/h2-12H,13-14H2,1H3. The first-order chi connectivity index (χ1) is 12.6. The molecule has 0 saturated heterocycles. The molecular formula is C22H18BrNO2. The molecular weight excluding hydrogens is 390 g/mol. The van der Waals surface area contributed by atoms with E-state index in [9.17, 15) is 4.79 Å². The number of para-hydroxylation sites is 1. The Balaban J connectivity index is 1.47. The van der Waals surface area contributed by atoms with Crippen LogP contribution >= 0.6 is 15.9 Å². The molecule has 0 bridgehead atoms. The highest BCUT2D eigenvalue weighted by Gasteiger charge is 2.29. The van der Waals surface area contributed by atoms with Crippen LogP contribution in [0.2, 0.25) is 0 Å². The number of carbonyl (C=O) groups excluding carboxylic acids is 1. The monoisotopic (exact) mass is 407 g/mol. The van der Waals surface area contributed by atoms with E-state index in [1.807, 2.05) is 78.6 Å². The number of hydrogen-bond donors (Lipinski definition) is 0. The summed E-state index contributed by atoms with van der Waals surface area (Å²) in [7, 11) is 0. The van der Waals surface area contributed by atoms with Crippen LogP contribution in [0.5, 0.6) is 11.5 Å². The number of nitrogens with zero attached hydrogens (tertiary/aromatic N) is 1. The molecule has 0 aliphatic carbocycles. The molecule has 0 atom stereocenters. The number of halogens is 1. The van der Waals surface area contributed by atoms with Gasteiger partial charge in [-0.25, -0.2) is 0 Å². The predicted molar refractivity (Wildman–Crippen MR) is 105 cm³/mol. The van der Waals surface area contributed by atoms with E-state index >= 15 is 0 Å². The lowest BCUT2D eigenvalue weighted by atomic mass is 10.0. The van der Waals surface area contributed by atoms with Crippen molar-refractivity contribution in [1.82, 2.24) is 4.90 Å². The van der Waals surface area contributed by atoms with Gasteiger partial charge in [-0.3, -0.25) is 4.79 Å². The summed E-state index contributed by atoms with van der Waals surface area (Å²) in [4.78, 5) is 14.6. The summed E-state index contributed by atoms with van der Waals surface area (Å²) in [5, 5.41) is 0. The van der Waals surface area contributed by atoms with Gasteiger partial charge in [-0.2, -0.15) is 0 Å². The van der Waals surface area contributed by atoms with E-state index in [4.69, 9.17) is 4.74 Å². The van der Waals surface area contributed by atoms with E-state index in [0.717, 1.165) is 38.2 Å². The molecule has 0 radical (unpaired) electrons. The maximum atomic E-state index is 12.7. The average Bonchev–Trinajstić information content (AvgIpc) is 2.93. The molecule has 3 aromatic carbocycles. The fourth-order valence-electron chi connectivity index (χ4n) is 3.31. The number of benzene rings is 3. The molecule has 26 heavy (non-hydrogen) atoms. The summed E-state index contributed by atoms with van der Waals surface area (Å²) < 4.78 is 6.84. The number of amides is 1. The maximum Gasteiger partial charge on any atom is 0.255 e. The lowest BCUT2D eigenvalue weighted by Gasteiger charge is -2.16. The van der Waals surface area contributed by atoms with Crippen LogP contribution in [0.25, 0.3) is 0 Å². The number of hydrogen-bond acceptors (Lipinski definition) is 2. The first-order valence-electron chi connectivity index (χ1n) is 8.50. The van der Waals surface area contributed by atoms with E-state index < -0.39 is 0 Å². The minimum atomic E-state index is 0.106. The maximum absolute atomic E-state index is 12.7. The van der Waals surface area contributed by atoms with E-state index in [1.54, 1.807) is 0 Å². The van der Waals surface area contributed by atoms with Gasteiger partial charge in [-0.05, 0) is 60.0 Å². The number of rotatable bonds is 4. The van der Waals surface area contributed by atoms with Crippen molar-refractivity contribution in [2.24, 2.45) is 0 Å². The molecule has 3 nitrogen and oxygen atoms in total. The van der Waals surface area contributed by atoms with Crippen molar-refractivity contribution in [2.75, 3.05) is 0 Å². The molecule has 0 N–H and O–H groups in total. The van der Waals surface area contributed by atoms with Gasteiger partial charge in [-0.1, -0.05) is 46.3 Å². The van der Waals surface area contributed by atoms with Crippen LogP contribution in [0.3, 0.4) is 0 Å². The third kappa shape index (κ3) is 3.37. The normalized spacial score (nSPS) is 13.0. The van der Waals surface area contributed by atoms with Crippen molar-refractivity contribution in [3.8, 4) is 11.5 Å². The number of fused-ring (bicyclic) bond motifs is 1. The Kier molecular flexibility index (Phi) is 4.51. The number of carbonyl (C=O) groups is 1. The van der Waals surface area contributed by atoms with Crippen LogP contribution in [-0.4, -0.2) is 10.8 Å². The largest absolute Gasteiger partial charge is 0.457 e. The molecule has 0 fully saturated rings. The topological polar surface area (TPSA) is 29.5 Å². The molecule has 4 heteroatoms. The van der Waals surface area contributed by atoms with E-state index in [1.165, 1.54) is 0 Å². The average molecular weight is 408 g/mol. The molecule has 1 heterocycles. The molecule has 3 aromatic rings. The van der Waals surface area contributed by atoms with Gasteiger partial charge in [0.2, 0.25) is 0 Å². The van der Waals surface area contributed by atoms with Gasteiger partial charge in [0.1, 0.15) is 11.5 Å². The Bertz CT molecular complexity index is 952. The third-order valence-electron chi connectivity index (χ3n) is 4.52. The Labute approximate surface area is 161 Å². The van der Waals surface area contributed by atoms with Gasteiger partial charge in [0.15, 0.2) is 0 Å². The summed E-state index contributed by atoms with van der Waals surface area (Å²) in [6.45, 7) is 3.23. The Hall–Kier alpha value is -2.59. The zero-order chi connectivity index (χ0) is 18.1. The van der Waals surface area contributed by atoms with Crippen LogP contribution in [0.4, 0.5) is 0 Å². The molecule has 1 amide bonds. The van der Waals surface area contributed by atoms with Crippen molar-refractivity contribution in [3.05, 3.63) is 93.5 Å². The van der Waals surface area contributed by atoms with Crippen molar-refractivity contribution in [2.45, 2.75) is 20.0 Å². The SMILES string of the molecule is Cc1cc(Br)cc2c1C(=O)N(Cc1ccc(Oc3ccccc3)cc1)C2. The summed E-state index contributed by atoms with van der Waals surface area (Å²) in [6, 6.07) is 21.6. The van der Waals surface area contributed by atoms with Crippen molar-refractivity contribution in [1.29, 1.82) is 0 Å². The second-order valence-electron chi connectivity index (χ2n) is 6.48. The van der Waals surface area contributed by atoms with Gasteiger partial charge in [0.05, 0.1) is 0 Å². The van der Waals surface area contributed by atoms with E-state index in [2.05, 4.69) is 15.9 Å². The fraction of sp³-hybridized carbons (Fsp3) is 0.136. The summed E-state index contributed by atoms with van der Waals surface area (Å²) in [5.41, 5.74) is 4.04. The quantitative estimate of drug-likeness (QED) is 0.554. The Morgan fingerprint density at radius 1 is 1.00 bits per heavy atom. The molecule has 0 aromatic heterocycles. The molecule has 1 aliphatic heterocycles. The van der Waals surface area contributed by atoms with Crippen molar-refractivity contribution in [3.63, 3.8) is 0 Å². The Morgan fingerprint density at radius 3 is 2.42 bits per heavy atom. The summed E-state index contributed by atoms with van der Waals surface area (Å²) in [6.07, 6.45) is 0. The van der Waals surface area contributed by atoms with Crippen LogP contribution in [0.15, 0.2) is 71.2 Å². The predicted octanol–water partition coefficient (Wildman–Crippen LogP) is 5.71. The van der Waals surface area contributed by atoms with Crippen LogP contribution < -0.4 is 4.74 Å². The third-order valence-corrected chi connectivity index (χ3v) is 4.98. The highest BCUT2D eigenvalue weighted by atomic mass is 79.9. The lowest BCUT2D eigenvalue weighted by molar-refractivity contribution is 0.0766. The first kappa shape index (κ1) is 16.9. The molecule has 1 aliphatic rings. The van der Waals surface area contributed by atoms with Crippen LogP contribution in [0, 0.1) is 6.92 Å². The van der Waals surface area contributed by atoms with Crippen molar-refractivity contribution < 1.29 is 9.53 Å². The highest BCUT2D eigenvalue weighted by Crippen LogP contribution is 2.30. The first-order valence-corrected chi connectivity index (χ1v) is 9.29. The smallest absolute Gasteiger partial charge is 0.255 e. The van der Waals surface area contributed by atoms with Gasteiger partial charge in [0.25, 0.3) is 5.91 Å². The molecule has 4 rings (SSSR count). The molecule has 0 spiro atoms. The van der Waals surface area contributed by atoms with Gasteiger partial charge in [0, 0.05) is 23.1 Å². The molecule has 130 valence electrons. The summed E-state index contributed by atoms with van der Waals surface area (Å²) in [5.74, 6) is 1.71. The minimum absolute atomic E-state index is 0.106. The van der Waals surface area contributed by atoms with Gasteiger partial charge >= 0.3 is 0 Å². The van der Waals surface area contributed by atoms with Gasteiger partial charge < -0.3 is 9.64 Å². The minimum Gasteiger partial charge on any atom is -0.457 e. The number of aryl methyl sites for hydroxylation is 1. The fourth-order valence-corrected chi connectivity index (χ4v) is 3.93. The summed E-state index contributed by atoms with van der Waals surface area (Å²) >= 11 is 3.51. The van der Waals surface area contributed by atoms with E-state index in [0.29, 0.717) is 13.1 Å². The Morgan fingerprint density at radius 2 is 1.69 bits per heavy atom. The zero-order valence-corrected chi connectivity index (χ0v) is 16.0. The van der Waals surface area contributed by atoms with E-state index in [-0.39, 0.29) is 5.91 Å². The van der Waals surface area contributed by atoms with Crippen LogP contribution in [-0.2, 0) is 13.1 Å². The lowest BCUT2D eigenvalue weighted by Crippen LogP contribution is -2.23. The highest BCUT2D eigenvalue weighted by molar-refractivity contribution is 9.10. The molecule has 0 saturated carbocycles. The van der Waals surface area contributed by atoms with Crippen LogP contribution in [0.1, 0.15) is 27.0 Å².